The van der Waals surface area contributed by atoms with Gasteiger partial charge in [-0.2, -0.15) is 4.98 Å². The second-order valence-electron chi connectivity index (χ2n) is 8.72. The van der Waals surface area contributed by atoms with E-state index in [1.165, 1.54) is 25.3 Å². The highest BCUT2D eigenvalue weighted by Gasteiger charge is 2.24. The van der Waals surface area contributed by atoms with Gasteiger partial charge in [0.05, 0.1) is 29.3 Å². The van der Waals surface area contributed by atoms with Gasteiger partial charge in [0, 0.05) is 37.6 Å². The number of benzene rings is 2. The van der Waals surface area contributed by atoms with Gasteiger partial charge in [-0.25, -0.2) is 9.78 Å². The topological polar surface area (TPSA) is 135 Å². The van der Waals surface area contributed by atoms with Crippen LogP contribution in [0.5, 0.6) is 5.75 Å². The van der Waals surface area contributed by atoms with Crippen LogP contribution in [0.2, 0.25) is 0 Å². The fourth-order valence-corrected chi connectivity index (χ4v) is 4.27. The van der Waals surface area contributed by atoms with Crippen LogP contribution in [0.4, 0.5) is 27.9 Å². The number of aromatic nitrogens is 2. The number of non-ortho nitro benzene ring substituents is 1. The number of nitrogens with zero attached hydrogens (tertiary/aromatic N) is 4. The van der Waals surface area contributed by atoms with Gasteiger partial charge in [0.25, 0.3) is 5.69 Å². The molecule has 1 saturated carbocycles. The van der Waals surface area contributed by atoms with Crippen LogP contribution in [0.1, 0.15) is 25.7 Å². The maximum atomic E-state index is 12.5. The summed E-state index contributed by atoms with van der Waals surface area (Å²) in [5.74, 6) is 1.70. The number of nitro benzene ring substituents is 1. The Bertz CT molecular complexity index is 1230. The van der Waals surface area contributed by atoms with Crippen molar-refractivity contribution in [1.29, 1.82) is 0 Å². The summed E-state index contributed by atoms with van der Waals surface area (Å²) in [6.07, 6.45) is 3.33. The molecule has 1 aliphatic rings. The van der Waals surface area contributed by atoms with Crippen LogP contribution in [0.15, 0.2) is 42.5 Å². The maximum absolute atomic E-state index is 12.5. The van der Waals surface area contributed by atoms with Gasteiger partial charge in [-0.05, 0) is 43.9 Å². The average Bonchev–Trinajstić information content (AvgIpc) is 2.84. The normalized spacial score (nSPS) is 17.5. The summed E-state index contributed by atoms with van der Waals surface area (Å²) in [5, 5.41) is 21.1. The second-order valence-corrected chi connectivity index (χ2v) is 8.72. The van der Waals surface area contributed by atoms with Crippen molar-refractivity contribution in [1.82, 2.24) is 15.3 Å². The number of hydrogen-bond acceptors (Lipinski definition) is 8. The van der Waals surface area contributed by atoms with Gasteiger partial charge >= 0.3 is 6.03 Å². The molecule has 0 bridgehead atoms. The van der Waals surface area contributed by atoms with Crippen LogP contribution in [0.3, 0.4) is 0 Å². The molecule has 2 amide bonds. The quantitative estimate of drug-likeness (QED) is 0.340. The van der Waals surface area contributed by atoms with Crippen LogP contribution in [0.25, 0.3) is 10.9 Å². The monoisotopic (exact) mass is 479 g/mol. The summed E-state index contributed by atoms with van der Waals surface area (Å²) in [4.78, 5) is 34.3. The Labute approximate surface area is 203 Å². The molecule has 0 spiro atoms. The van der Waals surface area contributed by atoms with E-state index < -0.39 is 4.92 Å². The number of carbonyl (C=O) groups is 1. The number of fused-ring (bicyclic) bond motifs is 1. The predicted octanol–water partition coefficient (Wildman–Crippen LogP) is 4.16. The minimum atomic E-state index is -0.511. The lowest BCUT2D eigenvalue weighted by molar-refractivity contribution is -0.384. The fraction of sp³-hybridized carbons (Fsp3) is 0.375. The highest BCUT2D eigenvalue weighted by Crippen LogP contribution is 2.29. The number of nitro groups is 1. The molecule has 0 atom stereocenters. The molecule has 184 valence electrons. The molecule has 2 aromatic carbocycles. The predicted molar refractivity (Wildman–Crippen MR) is 135 cm³/mol. The van der Waals surface area contributed by atoms with Gasteiger partial charge in [0.15, 0.2) is 0 Å². The van der Waals surface area contributed by atoms with Gasteiger partial charge in [-0.15, -0.1) is 0 Å². The fourth-order valence-electron chi connectivity index (χ4n) is 4.27. The molecule has 0 aliphatic heterocycles. The summed E-state index contributed by atoms with van der Waals surface area (Å²) < 4.78 is 5.18. The average molecular weight is 480 g/mol. The van der Waals surface area contributed by atoms with E-state index in [4.69, 9.17) is 9.72 Å². The molecule has 11 nitrogen and oxygen atoms in total. The van der Waals surface area contributed by atoms with Gasteiger partial charge < -0.3 is 25.6 Å². The van der Waals surface area contributed by atoms with Gasteiger partial charge in [-0.3, -0.25) is 10.1 Å². The summed E-state index contributed by atoms with van der Waals surface area (Å²) in [7, 11) is 5.33. The number of ether oxygens (including phenoxy) is 1. The third-order valence-electron chi connectivity index (χ3n) is 6.05. The minimum Gasteiger partial charge on any atom is -0.494 e. The summed E-state index contributed by atoms with van der Waals surface area (Å²) in [5.41, 5.74) is 1.16. The molecule has 11 heteroatoms. The highest BCUT2D eigenvalue weighted by atomic mass is 16.6. The number of amides is 2. The van der Waals surface area contributed by atoms with Crippen LogP contribution in [-0.2, 0) is 0 Å². The van der Waals surface area contributed by atoms with E-state index in [1.807, 2.05) is 43.3 Å². The summed E-state index contributed by atoms with van der Waals surface area (Å²) >= 11 is 0. The highest BCUT2D eigenvalue weighted by molar-refractivity contribution is 5.91. The number of para-hydroxylation sites is 1. The Morgan fingerprint density at radius 1 is 1.09 bits per heavy atom. The third-order valence-corrected chi connectivity index (χ3v) is 6.05. The van der Waals surface area contributed by atoms with E-state index in [0.717, 1.165) is 42.4 Å². The van der Waals surface area contributed by atoms with Crippen molar-refractivity contribution in [2.24, 2.45) is 0 Å². The number of nitrogens with one attached hydrogen (secondary N) is 3. The molecular formula is C24H29N7O4. The first-order valence-corrected chi connectivity index (χ1v) is 11.4. The van der Waals surface area contributed by atoms with E-state index in [2.05, 4.69) is 20.9 Å². The smallest absolute Gasteiger partial charge is 0.319 e. The Balaban J connectivity index is 1.32. The zero-order chi connectivity index (χ0) is 24.9. The van der Waals surface area contributed by atoms with Crippen molar-refractivity contribution < 1.29 is 14.5 Å². The molecule has 1 aromatic heterocycles. The van der Waals surface area contributed by atoms with Crippen LogP contribution in [0, 0.1) is 10.1 Å². The molecule has 35 heavy (non-hydrogen) atoms. The lowest BCUT2D eigenvalue weighted by Crippen LogP contribution is -2.42. The summed E-state index contributed by atoms with van der Waals surface area (Å²) in [6, 6.07) is 11.9. The SMILES string of the molecule is COc1cc([N+](=O)[O-])ccc1NC(=O)NC1CCC(Nc2nc(N(C)C)c3ccccc3n2)CC1. The second kappa shape index (κ2) is 10.4. The lowest BCUT2D eigenvalue weighted by Gasteiger charge is -2.30. The first-order valence-electron chi connectivity index (χ1n) is 11.4. The summed E-state index contributed by atoms with van der Waals surface area (Å²) in [6.45, 7) is 0. The Morgan fingerprint density at radius 2 is 1.80 bits per heavy atom. The lowest BCUT2D eigenvalue weighted by atomic mass is 9.91. The largest absolute Gasteiger partial charge is 0.494 e. The molecule has 0 radical (unpaired) electrons. The van der Waals surface area contributed by atoms with Crippen LogP contribution < -0.4 is 25.6 Å². The Hall–Kier alpha value is -4.15. The van der Waals surface area contributed by atoms with E-state index in [1.54, 1.807) is 0 Å². The van der Waals surface area contributed by atoms with Crippen molar-refractivity contribution in [3.8, 4) is 5.75 Å². The molecule has 3 aromatic rings. The van der Waals surface area contributed by atoms with Crippen LogP contribution >= 0.6 is 0 Å². The van der Waals surface area contributed by atoms with E-state index in [0.29, 0.717) is 11.6 Å². The number of anilines is 3. The van der Waals surface area contributed by atoms with Crippen molar-refractivity contribution >= 4 is 40.1 Å². The third kappa shape index (κ3) is 5.68. The molecule has 4 rings (SSSR count). The first-order chi connectivity index (χ1) is 16.8. The first kappa shape index (κ1) is 24.0. The van der Waals surface area contributed by atoms with Crippen molar-refractivity contribution in [2.45, 2.75) is 37.8 Å². The van der Waals surface area contributed by atoms with Crippen molar-refractivity contribution in [2.75, 3.05) is 36.7 Å². The Morgan fingerprint density at radius 3 is 2.49 bits per heavy atom. The standard InChI is InChI=1S/C24H29N7O4/c1-30(2)22-18-6-4-5-7-19(18)27-23(29-22)25-15-8-10-16(11-9-15)26-24(32)28-20-13-12-17(31(33)34)14-21(20)35-3/h4-7,12-16H,8-11H2,1-3H3,(H,25,27,29)(H2,26,28,32). The minimum absolute atomic E-state index is 0.0203. The number of carbonyl (C=O) groups excluding carboxylic acids is 1. The number of hydrogen-bond donors (Lipinski definition) is 3. The van der Waals surface area contributed by atoms with Gasteiger partial charge in [0.2, 0.25) is 5.95 Å². The number of methoxy groups -OCH3 is 1. The van der Waals surface area contributed by atoms with E-state index in [-0.39, 0.29) is 29.6 Å². The van der Waals surface area contributed by atoms with Crippen LogP contribution in [-0.4, -0.2) is 54.2 Å². The molecule has 1 aliphatic carbocycles. The molecule has 1 heterocycles. The molecule has 0 unspecified atom stereocenters. The molecule has 0 saturated heterocycles. The zero-order valence-electron chi connectivity index (χ0n) is 19.9. The maximum Gasteiger partial charge on any atom is 0.319 e. The Kier molecular flexibility index (Phi) is 7.14. The zero-order valence-corrected chi connectivity index (χ0v) is 19.9. The molecular weight excluding hydrogens is 450 g/mol. The van der Waals surface area contributed by atoms with Crippen molar-refractivity contribution in [3.63, 3.8) is 0 Å². The molecule has 3 N–H and O–H groups in total. The molecule has 1 fully saturated rings. The van der Waals surface area contributed by atoms with Crippen molar-refractivity contribution in [3.05, 3.63) is 52.6 Å². The van der Waals surface area contributed by atoms with Gasteiger partial charge in [0.1, 0.15) is 11.6 Å². The number of rotatable bonds is 7. The number of urea groups is 1. The van der Waals surface area contributed by atoms with E-state index >= 15 is 0 Å². The van der Waals surface area contributed by atoms with Gasteiger partial charge in [-0.1, -0.05) is 12.1 Å². The van der Waals surface area contributed by atoms with E-state index in [9.17, 15) is 14.9 Å².